The van der Waals surface area contributed by atoms with E-state index >= 15 is 0 Å². The summed E-state index contributed by atoms with van der Waals surface area (Å²) in [5.74, 6) is -1.69. The minimum atomic E-state index is -0.849. The average Bonchev–Trinajstić information content (AvgIpc) is 3.73. The zero-order valence-electron chi connectivity index (χ0n) is 29.8. The summed E-state index contributed by atoms with van der Waals surface area (Å²) in [6.45, 7) is 17.2. The monoisotopic (exact) mass is 650 g/mol. The van der Waals surface area contributed by atoms with Crippen LogP contribution < -0.4 is 0 Å². The van der Waals surface area contributed by atoms with Gasteiger partial charge in [-0.25, -0.2) is 9.97 Å². The molecule has 0 spiro atoms. The standard InChI is InChI=1S/C40H50N4O4/c1-9-13-29-37-24(8)28(16-18-36(47)48)34(43-37)20-33-27(15-17-35(45)46)22(6)31(41-33)19-32-21(5)25(11-3)39(42-32)30(14-10-2)38-23(7)26(12-4)40(29)44-38/h19-20,41,43H,9-18H2,1-8H3,(H,45,46)(H,47,48). The fourth-order valence-electron chi connectivity index (χ4n) is 7.61. The lowest BCUT2D eigenvalue weighted by molar-refractivity contribution is -0.138. The van der Waals surface area contributed by atoms with Crippen LogP contribution in [0.2, 0.25) is 0 Å². The van der Waals surface area contributed by atoms with Crippen LogP contribution >= 0.6 is 0 Å². The molecule has 0 radical (unpaired) electrons. The Bertz CT molecular complexity index is 2020. The molecule has 0 aliphatic carbocycles. The normalized spacial score (nSPS) is 13.2. The fourth-order valence-corrected chi connectivity index (χ4v) is 7.61. The van der Waals surface area contributed by atoms with Crippen LogP contribution in [-0.4, -0.2) is 42.1 Å². The van der Waals surface area contributed by atoms with Gasteiger partial charge in [0.25, 0.3) is 0 Å². The van der Waals surface area contributed by atoms with Crippen LogP contribution in [0.5, 0.6) is 0 Å². The largest absolute Gasteiger partial charge is 0.481 e. The third-order valence-electron chi connectivity index (χ3n) is 10.1. The number of nitrogens with one attached hydrogen (secondary N) is 2. The van der Waals surface area contributed by atoms with Gasteiger partial charge in [-0.1, -0.05) is 40.5 Å². The number of aromatic nitrogens is 4. The number of rotatable bonds is 12. The molecular formula is C40H50N4O4. The van der Waals surface area contributed by atoms with Crippen molar-refractivity contribution in [1.29, 1.82) is 0 Å². The SMILES string of the molecule is CCCc1c2nc(c(CCC)c3[nH]c(cc4[nH]c(cc5nc1C(CC)=C5C)c(C)c4CCC(=O)O)c(CCC(=O)O)c3C)C(CC)=C2C. The molecule has 254 valence electrons. The number of hydrogen-bond donors (Lipinski definition) is 4. The van der Waals surface area contributed by atoms with E-state index in [2.05, 4.69) is 64.5 Å². The first-order valence-corrected chi connectivity index (χ1v) is 17.6. The molecule has 3 aromatic rings. The zero-order chi connectivity index (χ0) is 34.9. The van der Waals surface area contributed by atoms with Gasteiger partial charge in [-0.3, -0.25) is 9.59 Å². The highest BCUT2D eigenvalue weighted by atomic mass is 16.4. The molecule has 8 heteroatoms. The van der Waals surface area contributed by atoms with E-state index in [-0.39, 0.29) is 12.8 Å². The Morgan fingerprint density at radius 1 is 0.604 bits per heavy atom. The van der Waals surface area contributed by atoms with Crippen molar-refractivity contribution in [3.8, 4) is 0 Å². The summed E-state index contributed by atoms with van der Waals surface area (Å²) in [6.07, 6.45) is 6.01. The second-order valence-electron chi connectivity index (χ2n) is 13.2. The number of aryl methyl sites for hydroxylation is 5. The zero-order valence-corrected chi connectivity index (χ0v) is 29.8. The molecule has 0 atom stereocenters. The molecule has 8 nitrogen and oxygen atoms in total. The van der Waals surface area contributed by atoms with Gasteiger partial charge in [-0.05, 0) is 123 Å². The van der Waals surface area contributed by atoms with E-state index in [0.717, 1.165) is 117 Å². The number of nitrogens with zero attached hydrogens (tertiary/aromatic N) is 2. The number of H-pyrrole nitrogens is 2. The number of fused-ring (bicyclic) bond motifs is 8. The number of allylic oxidation sites excluding steroid dienone is 4. The van der Waals surface area contributed by atoms with Gasteiger partial charge < -0.3 is 20.2 Å². The second-order valence-corrected chi connectivity index (χ2v) is 13.2. The van der Waals surface area contributed by atoms with Crippen LogP contribution in [0.3, 0.4) is 0 Å². The number of carbonyl (C=O) groups is 2. The van der Waals surface area contributed by atoms with Crippen molar-refractivity contribution in [2.24, 2.45) is 0 Å². The maximum atomic E-state index is 11.8. The van der Waals surface area contributed by atoms with Gasteiger partial charge in [0.1, 0.15) is 0 Å². The van der Waals surface area contributed by atoms with Crippen molar-refractivity contribution in [2.75, 3.05) is 0 Å². The summed E-state index contributed by atoms with van der Waals surface area (Å²) < 4.78 is 0. The van der Waals surface area contributed by atoms with E-state index in [1.165, 1.54) is 22.3 Å². The Hall–Kier alpha value is -4.46. The van der Waals surface area contributed by atoms with Crippen molar-refractivity contribution in [3.63, 3.8) is 0 Å². The Labute approximate surface area is 283 Å². The van der Waals surface area contributed by atoms with Gasteiger partial charge in [-0.15, -0.1) is 0 Å². The highest BCUT2D eigenvalue weighted by molar-refractivity contribution is 5.98. The Morgan fingerprint density at radius 3 is 1.73 bits per heavy atom. The number of aromatic amines is 2. The quantitative estimate of drug-likeness (QED) is 0.154. The first kappa shape index (κ1) is 34.9. The van der Waals surface area contributed by atoms with E-state index in [4.69, 9.17) is 9.97 Å². The molecule has 0 amide bonds. The summed E-state index contributed by atoms with van der Waals surface area (Å²) in [5.41, 5.74) is 18.6. The van der Waals surface area contributed by atoms with Gasteiger partial charge in [0, 0.05) is 46.0 Å². The first-order chi connectivity index (χ1) is 22.9. The van der Waals surface area contributed by atoms with Crippen LogP contribution in [0.25, 0.3) is 44.4 Å². The van der Waals surface area contributed by atoms with E-state index in [1.54, 1.807) is 0 Å². The minimum Gasteiger partial charge on any atom is -0.481 e. The lowest BCUT2D eigenvalue weighted by Gasteiger charge is -2.09. The molecular weight excluding hydrogens is 600 g/mol. The molecule has 0 saturated carbocycles. The van der Waals surface area contributed by atoms with Crippen molar-refractivity contribution >= 4 is 56.3 Å². The second kappa shape index (κ2) is 14.3. The summed E-state index contributed by atoms with van der Waals surface area (Å²) in [4.78, 5) is 41.7. The summed E-state index contributed by atoms with van der Waals surface area (Å²) in [7, 11) is 0. The van der Waals surface area contributed by atoms with Crippen molar-refractivity contribution in [2.45, 2.75) is 120 Å². The van der Waals surface area contributed by atoms with E-state index in [0.29, 0.717) is 12.8 Å². The Morgan fingerprint density at radius 2 is 1.15 bits per heavy atom. The van der Waals surface area contributed by atoms with Crippen molar-refractivity contribution in [1.82, 2.24) is 19.9 Å². The lowest BCUT2D eigenvalue weighted by atomic mass is 9.93. The van der Waals surface area contributed by atoms with Crippen LogP contribution in [-0.2, 0) is 35.3 Å². The van der Waals surface area contributed by atoms with Crippen molar-refractivity contribution in [3.05, 3.63) is 68.3 Å². The molecule has 8 bridgehead atoms. The molecule has 0 saturated heterocycles. The fraction of sp³-hybridized carbons (Fsp3) is 0.450. The molecule has 48 heavy (non-hydrogen) atoms. The van der Waals surface area contributed by atoms with Crippen LogP contribution in [0, 0.1) is 13.8 Å². The molecule has 5 heterocycles. The highest BCUT2D eigenvalue weighted by Crippen LogP contribution is 2.41. The summed E-state index contributed by atoms with van der Waals surface area (Å²) >= 11 is 0. The molecule has 2 aliphatic rings. The summed E-state index contributed by atoms with van der Waals surface area (Å²) in [5, 5.41) is 19.3. The molecule has 0 aromatic carbocycles. The van der Waals surface area contributed by atoms with Gasteiger partial charge >= 0.3 is 11.9 Å². The smallest absolute Gasteiger partial charge is 0.303 e. The van der Waals surface area contributed by atoms with Crippen LogP contribution in [0.15, 0.2) is 12.1 Å². The van der Waals surface area contributed by atoms with Crippen LogP contribution in [0.4, 0.5) is 0 Å². The molecule has 0 fully saturated rings. The summed E-state index contributed by atoms with van der Waals surface area (Å²) in [6, 6.07) is 4.14. The minimum absolute atomic E-state index is 0.00527. The third kappa shape index (κ3) is 6.37. The Balaban J connectivity index is 2.07. The molecule has 2 aliphatic heterocycles. The lowest BCUT2D eigenvalue weighted by Crippen LogP contribution is -1.99. The first-order valence-electron chi connectivity index (χ1n) is 17.6. The molecule has 4 N–H and O–H groups in total. The number of carboxylic acids is 2. The molecule has 3 aromatic heterocycles. The van der Waals surface area contributed by atoms with Gasteiger partial charge in [0.15, 0.2) is 0 Å². The van der Waals surface area contributed by atoms with E-state index in [9.17, 15) is 19.8 Å². The predicted octanol–water partition coefficient (Wildman–Crippen LogP) is 9.55. The molecule has 5 rings (SSSR count). The van der Waals surface area contributed by atoms with Crippen molar-refractivity contribution < 1.29 is 19.8 Å². The maximum Gasteiger partial charge on any atom is 0.303 e. The molecule has 0 unspecified atom stereocenters. The number of aliphatic carboxylic acids is 2. The number of hydrogen-bond acceptors (Lipinski definition) is 4. The predicted molar refractivity (Wildman–Crippen MR) is 196 cm³/mol. The topological polar surface area (TPSA) is 132 Å². The van der Waals surface area contributed by atoms with Gasteiger partial charge in [0.2, 0.25) is 0 Å². The Kier molecular flexibility index (Phi) is 10.4. The van der Waals surface area contributed by atoms with Gasteiger partial charge in [-0.2, -0.15) is 0 Å². The van der Waals surface area contributed by atoms with Gasteiger partial charge in [0.05, 0.1) is 22.8 Å². The van der Waals surface area contributed by atoms with E-state index < -0.39 is 11.9 Å². The maximum absolute atomic E-state index is 11.8. The highest BCUT2D eigenvalue weighted by Gasteiger charge is 2.27. The van der Waals surface area contributed by atoms with Crippen LogP contribution in [0.1, 0.15) is 136 Å². The third-order valence-corrected chi connectivity index (χ3v) is 10.1. The van der Waals surface area contributed by atoms with E-state index in [1.807, 2.05) is 13.0 Å². The average molecular weight is 651 g/mol. The number of carboxylic acid groups (broad SMARTS) is 2.